The van der Waals surface area contributed by atoms with E-state index in [1.54, 1.807) is 0 Å². The van der Waals surface area contributed by atoms with Crippen LogP contribution in [0.2, 0.25) is 0 Å². The lowest BCUT2D eigenvalue weighted by molar-refractivity contribution is 0.426. The Bertz CT molecular complexity index is 186. The van der Waals surface area contributed by atoms with Crippen molar-refractivity contribution in [3.05, 3.63) is 0 Å². The Hall–Kier alpha value is -0.310. The third kappa shape index (κ3) is 5.69. The van der Waals surface area contributed by atoms with Crippen molar-refractivity contribution in [2.45, 2.75) is 58.3 Å². The monoisotopic (exact) mass is 242 g/mol. The molecule has 1 rings (SSSR count). The molecule has 1 aliphatic rings. The van der Waals surface area contributed by atoms with Gasteiger partial charge in [-0.3, -0.25) is 0 Å². The van der Waals surface area contributed by atoms with Crippen LogP contribution in [0.15, 0.2) is 0 Å². The van der Waals surface area contributed by atoms with Gasteiger partial charge < -0.3 is 10.2 Å². The van der Waals surface area contributed by atoms with Crippen molar-refractivity contribution in [1.82, 2.24) is 10.2 Å². The molecule has 0 amide bonds. The fourth-order valence-corrected chi connectivity index (χ4v) is 2.42. The number of hydrogen-bond acceptors (Lipinski definition) is 1. The van der Waals surface area contributed by atoms with Crippen LogP contribution < -0.4 is 5.32 Å². The van der Waals surface area contributed by atoms with Crippen LogP contribution >= 0.6 is 12.2 Å². The van der Waals surface area contributed by atoms with Gasteiger partial charge in [-0.15, -0.1) is 0 Å². The molecule has 3 heteroatoms. The Labute approximate surface area is 106 Å². The summed E-state index contributed by atoms with van der Waals surface area (Å²) in [4.78, 5) is 2.35. The van der Waals surface area contributed by atoms with E-state index in [1.807, 2.05) is 0 Å². The van der Waals surface area contributed by atoms with Crippen molar-refractivity contribution in [2.24, 2.45) is 0 Å². The van der Waals surface area contributed by atoms with Crippen LogP contribution in [0.25, 0.3) is 0 Å². The highest BCUT2D eigenvalue weighted by Crippen LogP contribution is 2.09. The van der Waals surface area contributed by atoms with Crippen molar-refractivity contribution in [2.75, 3.05) is 19.6 Å². The molecule has 0 aromatic heterocycles. The Morgan fingerprint density at radius 1 is 1.06 bits per heavy atom. The van der Waals surface area contributed by atoms with Gasteiger partial charge in [0.05, 0.1) is 0 Å². The van der Waals surface area contributed by atoms with Gasteiger partial charge in [-0.05, 0) is 31.5 Å². The summed E-state index contributed by atoms with van der Waals surface area (Å²) in [6, 6.07) is 0. The van der Waals surface area contributed by atoms with Gasteiger partial charge in [0.25, 0.3) is 0 Å². The van der Waals surface area contributed by atoms with Crippen LogP contribution in [0.3, 0.4) is 0 Å². The van der Waals surface area contributed by atoms with E-state index in [2.05, 4.69) is 17.1 Å². The Balaban J connectivity index is 2.08. The number of thiocarbonyl (C=S) groups is 1. The van der Waals surface area contributed by atoms with E-state index in [0.29, 0.717) is 0 Å². The summed E-state index contributed by atoms with van der Waals surface area (Å²) in [5, 5.41) is 4.38. The minimum Gasteiger partial charge on any atom is -0.363 e. The molecule has 0 unspecified atom stereocenters. The zero-order chi connectivity index (χ0) is 11.6. The quantitative estimate of drug-likeness (QED) is 0.588. The van der Waals surface area contributed by atoms with Crippen molar-refractivity contribution in [3.63, 3.8) is 0 Å². The average molecular weight is 242 g/mol. The van der Waals surface area contributed by atoms with Gasteiger partial charge in [0.1, 0.15) is 0 Å². The lowest BCUT2D eigenvalue weighted by Gasteiger charge is -2.23. The van der Waals surface area contributed by atoms with Crippen LogP contribution in [0.5, 0.6) is 0 Å². The van der Waals surface area contributed by atoms with E-state index in [-0.39, 0.29) is 0 Å². The van der Waals surface area contributed by atoms with E-state index in [4.69, 9.17) is 12.2 Å². The van der Waals surface area contributed by atoms with Crippen molar-refractivity contribution < 1.29 is 0 Å². The number of unbranched alkanes of at least 4 members (excludes halogenated alkanes) is 3. The molecule has 0 aromatic carbocycles. The maximum atomic E-state index is 5.43. The first kappa shape index (κ1) is 13.8. The lowest BCUT2D eigenvalue weighted by Crippen LogP contribution is -2.40. The van der Waals surface area contributed by atoms with Crippen LogP contribution in [-0.2, 0) is 0 Å². The van der Waals surface area contributed by atoms with Crippen LogP contribution in [0.4, 0.5) is 0 Å². The van der Waals surface area contributed by atoms with Gasteiger partial charge in [0.2, 0.25) is 0 Å². The largest absolute Gasteiger partial charge is 0.363 e. The number of nitrogens with one attached hydrogen (secondary N) is 1. The summed E-state index contributed by atoms with van der Waals surface area (Å²) in [6.07, 6.45) is 10.6. The second kappa shape index (κ2) is 8.80. The summed E-state index contributed by atoms with van der Waals surface area (Å²) in [6.45, 7) is 5.60. The minimum atomic E-state index is 0.985. The van der Waals surface area contributed by atoms with E-state index in [0.717, 1.165) is 24.7 Å². The van der Waals surface area contributed by atoms with E-state index in [9.17, 15) is 0 Å². The fourth-order valence-electron chi connectivity index (χ4n) is 2.13. The molecule has 0 saturated carbocycles. The van der Waals surface area contributed by atoms with E-state index < -0.39 is 0 Å². The molecule has 0 aliphatic carbocycles. The minimum absolute atomic E-state index is 0.985. The molecule has 0 radical (unpaired) electrons. The highest BCUT2D eigenvalue weighted by Gasteiger charge is 2.11. The molecule has 0 spiro atoms. The summed E-state index contributed by atoms with van der Waals surface area (Å²) >= 11 is 5.43. The molecule has 0 aromatic rings. The maximum absolute atomic E-state index is 5.43. The van der Waals surface area contributed by atoms with Gasteiger partial charge in [-0.25, -0.2) is 0 Å². The maximum Gasteiger partial charge on any atom is 0.168 e. The zero-order valence-electron chi connectivity index (χ0n) is 10.6. The Morgan fingerprint density at radius 3 is 2.38 bits per heavy atom. The highest BCUT2D eigenvalue weighted by molar-refractivity contribution is 7.80. The third-order valence-electron chi connectivity index (χ3n) is 3.20. The van der Waals surface area contributed by atoms with Crippen molar-refractivity contribution in [1.29, 1.82) is 0 Å². The number of hydrogen-bond donors (Lipinski definition) is 1. The molecule has 0 atom stereocenters. The molecule has 1 N–H and O–H groups in total. The predicted octanol–water partition coefficient (Wildman–Crippen LogP) is 3.32. The molecule has 1 heterocycles. The standard InChI is InChI=1S/C13H26N2S/c1-2-3-4-7-10-14-13(16)15-11-8-5-6-9-12-15/h2-12H2,1H3,(H,14,16). The smallest absolute Gasteiger partial charge is 0.168 e. The summed E-state index contributed by atoms with van der Waals surface area (Å²) in [5.74, 6) is 0. The first-order valence-corrected chi connectivity index (χ1v) is 7.28. The lowest BCUT2D eigenvalue weighted by atomic mass is 10.2. The molecule has 94 valence electrons. The van der Waals surface area contributed by atoms with Gasteiger partial charge in [-0.2, -0.15) is 0 Å². The Kier molecular flexibility index (Phi) is 7.56. The Morgan fingerprint density at radius 2 is 1.75 bits per heavy atom. The average Bonchev–Trinajstić information content (AvgIpc) is 2.57. The highest BCUT2D eigenvalue weighted by atomic mass is 32.1. The zero-order valence-corrected chi connectivity index (χ0v) is 11.5. The normalized spacial score (nSPS) is 16.9. The first-order valence-electron chi connectivity index (χ1n) is 6.87. The van der Waals surface area contributed by atoms with Crippen molar-refractivity contribution in [3.8, 4) is 0 Å². The van der Waals surface area contributed by atoms with Crippen LogP contribution in [0, 0.1) is 0 Å². The van der Waals surface area contributed by atoms with Gasteiger partial charge in [0, 0.05) is 19.6 Å². The summed E-state index contributed by atoms with van der Waals surface area (Å²) in [5.41, 5.74) is 0. The molecule has 0 bridgehead atoms. The van der Waals surface area contributed by atoms with E-state index in [1.165, 1.54) is 51.4 Å². The number of nitrogens with zero attached hydrogens (tertiary/aromatic N) is 1. The topological polar surface area (TPSA) is 15.3 Å². The summed E-state index contributed by atoms with van der Waals surface area (Å²) in [7, 11) is 0. The number of likely N-dealkylation sites (tertiary alicyclic amines) is 1. The fraction of sp³-hybridized carbons (Fsp3) is 0.923. The van der Waals surface area contributed by atoms with Gasteiger partial charge in [0.15, 0.2) is 5.11 Å². The number of rotatable bonds is 5. The molecule has 2 nitrogen and oxygen atoms in total. The predicted molar refractivity (Wildman–Crippen MR) is 74.8 cm³/mol. The SMILES string of the molecule is CCCCCCNC(=S)N1CCCCCC1. The van der Waals surface area contributed by atoms with Crippen molar-refractivity contribution >= 4 is 17.3 Å². The van der Waals surface area contributed by atoms with Crippen LogP contribution in [0.1, 0.15) is 58.3 Å². The third-order valence-corrected chi connectivity index (χ3v) is 3.60. The summed E-state index contributed by atoms with van der Waals surface area (Å²) < 4.78 is 0. The molecular formula is C13H26N2S. The first-order chi connectivity index (χ1) is 7.84. The second-order valence-corrected chi connectivity index (χ2v) is 5.08. The molecule has 1 fully saturated rings. The van der Waals surface area contributed by atoms with E-state index >= 15 is 0 Å². The van der Waals surface area contributed by atoms with Gasteiger partial charge >= 0.3 is 0 Å². The second-order valence-electron chi connectivity index (χ2n) is 4.69. The van der Waals surface area contributed by atoms with Gasteiger partial charge in [-0.1, -0.05) is 39.0 Å². The molecule has 16 heavy (non-hydrogen) atoms. The molecular weight excluding hydrogens is 216 g/mol. The molecule has 1 saturated heterocycles. The van der Waals surface area contributed by atoms with Crippen LogP contribution in [-0.4, -0.2) is 29.6 Å². The molecule has 1 aliphatic heterocycles.